The third-order valence-corrected chi connectivity index (χ3v) is 6.05. The van der Waals surface area contributed by atoms with Crippen LogP contribution >= 0.6 is 22.9 Å². The molecule has 1 aromatic carbocycles. The Morgan fingerprint density at radius 1 is 1.30 bits per heavy atom. The summed E-state index contributed by atoms with van der Waals surface area (Å²) < 4.78 is 0. The van der Waals surface area contributed by atoms with E-state index in [4.69, 9.17) is 11.6 Å². The number of fused-ring (bicyclic) bond motifs is 1. The Morgan fingerprint density at radius 2 is 2.13 bits per heavy atom. The molecule has 154 valence electrons. The molecule has 30 heavy (non-hydrogen) atoms. The summed E-state index contributed by atoms with van der Waals surface area (Å²) in [5, 5.41) is 20.4. The number of aryl methyl sites for hydroxylation is 1. The second-order valence-electron chi connectivity index (χ2n) is 6.83. The number of halogens is 1. The number of hydrogen-bond acceptors (Lipinski definition) is 7. The highest BCUT2D eigenvalue weighted by Gasteiger charge is 2.18. The van der Waals surface area contributed by atoms with Crippen molar-refractivity contribution in [1.82, 2.24) is 15.3 Å². The smallest absolute Gasteiger partial charge is 0.348 e. The van der Waals surface area contributed by atoms with Crippen LogP contribution in [0.5, 0.6) is 0 Å². The van der Waals surface area contributed by atoms with Crippen LogP contribution in [0.2, 0.25) is 5.02 Å². The number of nitrogens with one attached hydrogen (secondary N) is 3. The summed E-state index contributed by atoms with van der Waals surface area (Å²) >= 11 is 7.36. The molecular weight excluding hydrogens is 426 g/mol. The van der Waals surface area contributed by atoms with E-state index in [0.29, 0.717) is 30.4 Å². The molecule has 0 unspecified atom stereocenters. The number of carboxylic acids is 1. The highest BCUT2D eigenvalue weighted by atomic mass is 35.5. The Bertz CT molecular complexity index is 1150. The van der Waals surface area contributed by atoms with E-state index in [0.717, 1.165) is 40.1 Å². The summed E-state index contributed by atoms with van der Waals surface area (Å²) in [6.07, 6.45) is 2.56. The third kappa shape index (κ3) is 4.22. The number of hydrogen-bond donors (Lipinski definition) is 4. The minimum atomic E-state index is -1.02. The maximum atomic E-state index is 11.8. The van der Waals surface area contributed by atoms with Crippen LogP contribution in [0.1, 0.15) is 26.4 Å². The largest absolute Gasteiger partial charge is 0.477 e. The van der Waals surface area contributed by atoms with Crippen molar-refractivity contribution in [2.75, 3.05) is 17.2 Å². The van der Waals surface area contributed by atoms with Crippen LogP contribution in [0.15, 0.2) is 29.8 Å². The van der Waals surface area contributed by atoms with Gasteiger partial charge in [-0.2, -0.15) is 4.98 Å². The van der Waals surface area contributed by atoms with Gasteiger partial charge in [0.1, 0.15) is 9.90 Å². The molecule has 0 atom stereocenters. The van der Waals surface area contributed by atoms with E-state index >= 15 is 0 Å². The average molecular weight is 444 g/mol. The second kappa shape index (κ2) is 8.29. The Kier molecular flexibility index (Phi) is 5.56. The van der Waals surface area contributed by atoms with Gasteiger partial charge in [0.15, 0.2) is 5.82 Å². The van der Waals surface area contributed by atoms with Gasteiger partial charge in [0.2, 0.25) is 11.9 Å². The fourth-order valence-electron chi connectivity index (χ4n) is 3.20. The summed E-state index contributed by atoms with van der Waals surface area (Å²) in [4.78, 5) is 32.1. The minimum absolute atomic E-state index is 0.000460. The predicted molar refractivity (Wildman–Crippen MR) is 116 cm³/mol. The fraction of sp³-hybridized carbons (Fsp3) is 0.200. The molecule has 4 N–H and O–H groups in total. The molecule has 0 saturated heterocycles. The number of benzene rings is 1. The van der Waals surface area contributed by atoms with E-state index in [-0.39, 0.29) is 15.8 Å². The first-order chi connectivity index (χ1) is 14.4. The number of anilines is 4. The lowest BCUT2D eigenvalue weighted by Gasteiger charge is -2.12. The van der Waals surface area contributed by atoms with Crippen molar-refractivity contribution < 1.29 is 14.7 Å². The number of nitrogens with zero attached hydrogens (tertiary/aromatic N) is 2. The number of rotatable bonds is 5. The number of aromatic carboxylic acids is 1. The van der Waals surface area contributed by atoms with E-state index in [2.05, 4.69) is 25.9 Å². The fourth-order valence-corrected chi connectivity index (χ4v) is 4.19. The number of thiophene rings is 1. The molecule has 8 nitrogen and oxygen atoms in total. The van der Waals surface area contributed by atoms with Crippen LogP contribution in [0.25, 0.3) is 0 Å². The van der Waals surface area contributed by atoms with Crippen molar-refractivity contribution in [3.05, 3.63) is 56.4 Å². The Balaban J connectivity index is 1.59. The monoisotopic (exact) mass is 443 g/mol. The Morgan fingerprint density at radius 3 is 2.93 bits per heavy atom. The maximum absolute atomic E-state index is 11.8. The van der Waals surface area contributed by atoms with Gasteiger partial charge in [-0.25, -0.2) is 9.78 Å². The van der Waals surface area contributed by atoms with E-state index in [1.54, 1.807) is 5.38 Å². The van der Waals surface area contributed by atoms with Gasteiger partial charge in [0, 0.05) is 12.2 Å². The standard InChI is InChI=1S/C20H18ClN5O3S/c1-10-9-30-17(19(28)29)16(10)25-18-14(21)8-23-20(26-18)24-13-3-2-11-4-5-22-15(27)7-12(11)6-13/h2-3,6,8-9H,4-5,7H2,1H3,(H,22,27)(H,28,29)(H2,23,24,25,26). The highest BCUT2D eigenvalue weighted by molar-refractivity contribution is 7.12. The first-order valence-corrected chi connectivity index (χ1v) is 10.4. The molecule has 0 saturated carbocycles. The van der Waals surface area contributed by atoms with Crippen LogP contribution in [0.3, 0.4) is 0 Å². The third-order valence-electron chi connectivity index (χ3n) is 4.69. The predicted octanol–water partition coefficient (Wildman–Crippen LogP) is 3.90. The molecule has 1 amide bonds. The normalized spacial score (nSPS) is 13.2. The molecule has 1 aliphatic heterocycles. The second-order valence-corrected chi connectivity index (χ2v) is 8.12. The zero-order valence-electron chi connectivity index (χ0n) is 16.0. The number of aromatic nitrogens is 2. The van der Waals surface area contributed by atoms with Crippen LogP contribution in [-0.2, 0) is 17.6 Å². The molecule has 2 aromatic heterocycles. The van der Waals surface area contributed by atoms with Gasteiger partial charge in [-0.15, -0.1) is 11.3 Å². The van der Waals surface area contributed by atoms with E-state index in [1.165, 1.54) is 6.20 Å². The zero-order chi connectivity index (χ0) is 21.3. The van der Waals surface area contributed by atoms with Crippen LogP contribution < -0.4 is 16.0 Å². The molecule has 0 aliphatic carbocycles. The summed E-state index contributed by atoms with van der Waals surface area (Å²) in [5.74, 6) is -0.425. The number of carbonyl (C=O) groups is 2. The molecule has 0 fully saturated rings. The Labute approximate surface area is 181 Å². The molecule has 10 heteroatoms. The van der Waals surface area contributed by atoms with E-state index in [1.807, 2.05) is 25.1 Å². The molecular formula is C20H18ClN5O3S. The Hall–Kier alpha value is -3.17. The quantitative estimate of drug-likeness (QED) is 0.472. The molecule has 3 aromatic rings. The van der Waals surface area contributed by atoms with Crippen LogP contribution in [-0.4, -0.2) is 33.5 Å². The average Bonchev–Trinajstić information content (AvgIpc) is 2.95. The first-order valence-electron chi connectivity index (χ1n) is 9.17. The highest BCUT2D eigenvalue weighted by Crippen LogP contribution is 2.33. The molecule has 3 heterocycles. The van der Waals surface area contributed by atoms with Crippen molar-refractivity contribution in [1.29, 1.82) is 0 Å². The van der Waals surface area contributed by atoms with Gasteiger partial charge in [0.25, 0.3) is 0 Å². The van der Waals surface area contributed by atoms with Gasteiger partial charge in [0.05, 0.1) is 18.3 Å². The van der Waals surface area contributed by atoms with Crippen molar-refractivity contribution in [3.8, 4) is 0 Å². The molecule has 0 radical (unpaired) electrons. The number of amides is 1. The summed E-state index contributed by atoms with van der Waals surface area (Å²) in [6.45, 7) is 2.44. The van der Waals surface area contributed by atoms with Crippen molar-refractivity contribution >= 4 is 58.0 Å². The minimum Gasteiger partial charge on any atom is -0.477 e. The van der Waals surface area contributed by atoms with Gasteiger partial charge < -0.3 is 21.1 Å². The number of carboxylic acid groups (broad SMARTS) is 1. The van der Waals surface area contributed by atoms with Crippen molar-refractivity contribution in [2.45, 2.75) is 19.8 Å². The lowest BCUT2D eigenvalue weighted by Crippen LogP contribution is -2.24. The van der Waals surface area contributed by atoms with Gasteiger partial charge in [-0.05, 0) is 47.5 Å². The lowest BCUT2D eigenvalue weighted by atomic mass is 10.0. The van der Waals surface area contributed by atoms with Crippen molar-refractivity contribution in [2.24, 2.45) is 0 Å². The maximum Gasteiger partial charge on any atom is 0.348 e. The summed E-state index contributed by atoms with van der Waals surface area (Å²) in [6, 6.07) is 5.81. The molecule has 0 spiro atoms. The van der Waals surface area contributed by atoms with Gasteiger partial charge >= 0.3 is 5.97 Å². The van der Waals surface area contributed by atoms with E-state index in [9.17, 15) is 14.7 Å². The zero-order valence-corrected chi connectivity index (χ0v) is 17.5. The SMILES string of the molecule is Cc1csc(C(=O)O)c1Nc1nc(Nc2ccc3c(c2)CC(=O)NCC3)ncc1Cl. The molecule has 1 aliphatic rings. The van der Waals surface area contributed by atoms with Crippen LogP contribution in [0.4, 0.5) is 23.1 Å². The topological polar surface area (TPSA) is 116 Å². The van der Waals surface area contributed by atoms with Crippen LogP contribution in [0, 0.1) is 6.92 Å². The van der Waals surface area contributed by atoms with Crippen molar-refractivity contribution in [3.63, 3.8) is 0 Å². The lowest BCUT2D eigenvalue weighted by molar-refractivity contribution is -0.120. The van der Waals surface area contributed by atoms with Gasteiger partial charge in [-0.1, -0.05) is 17.7 Å². The summed E-state index contributed by atoms with van der Waals surface area (Å²) in [7, 11) is 0. The van der Waals surface area contributed by atoms with Gasteiger partial charge in [-0.3, -0.25) is 4.79 Å². The first kappa shape index (κ1) is 20.1. The summed E-state index contributed by atoms with van der Waals surface area (Å²) in [5.41, 5.74) is 4.07. The van der Waals surface area contributed by atoms with E-state index < -0.39 is 5.97 Å². The number of carbonyl (C=O) groups excluding carboxylic acids is 1. The molecule has 4 rings (SSSR count). The molecule has 0 bridgehead atoms.